The first-order valence-corrected chi connectivity index (χ1v) is 9.16. The number of hydrogen-bond acceptors (Lipinski definition) is 6. The van der Waals surface area contributed by atoms with E-state index in [0.717, 1.165) is 22.9 Å². The summed E-state index contributed by atoms with van der Waals surface area (Å²) < 4.78 is 18.8. The Hall–Kier alpha value is -3.20. The molecule has 1 amide bonds. The van der Waals surface area contributed by atoms with Crippen molar-refractivity contribution in [1.82, 2.24) is 5.32 Å². The summed E-state index contributed by atoms with van der Waals surface area (Å²) in [4.78, 5) is 22.4. The smallest absolute Gasteiger partial charge is 0.305 e. The van der Waals surface area contributed by atoms with Gasteiger partial charge in [-0.1, -0.05) is 42.1 Å². The van der Waals surface area contributed by atoms with Crippen LogP contribution in [0.25, 0.3) is 0 Å². The summed E-state index contributed by atoms with van der Waals surface area (Å²) >= 11 is 1.03. The van der Waals surface area contributed by atoms with Crippen LogP contribution in [0.3, 0.4) is 0 Å². The predicted octanol–water partition coefficient (Wildman–Crippen LogP) is 2.80. The van der Waals surface area contributed by atoms with Crippen molar-refractivity contribution >= 4 is 35.0 Å². The quantitative estimate of drug-likeness (QED) is 0.549. The fourth-order valence-electron chi connectivity index (χ4n) is 2.40. The van der Waals surface area contributed by atoms with Gasteiger partial charge in [0, 0.05) is 11.6 Å². The minimum Gasteiger partial charge on any atom is -0.489 e. The summed E-state index contributed by atoms with van der Waals surface area (Å²) in [5.41, 5.74) is 1.57. The van der Waals surface area contributed by atoms with E-state index in [2.05, 4.69) is 15.5 Å². The number of nitrogens with zero attached hydrogens (tertiary/aromatic N) is 2. The molecule has 1 aliphatic rings. The van der Waals surface area contributed by atoms with E-state index in [0.29, 0.717) is 5.75 Å². The summed E-state index contributed by atoms with van der Waals surface area (Å²) in [6.45, 7) is 0.217. The number of ether oxygens (including phenoxy) is 1. The Balaban J connectivity index is 1.64. The van der Waals surface area contributed by atoms with Gasteiger partial charge in [-0.2, -0.15) is 5.10 Å². The van der Waals surface area contributed by atoms with Crippen molar-refractivity contribution in [3.8, 4) is 5.75 Å². The maximum absolute atomic E-state index is 13.2. The zero-order valence-electron chi connectivity index (χ0n) is 14.5. The Kier molecular flexibility index (Phi) is 6.38. The first kappa shape index (κ1) is 19.6. The Morgan fingerprint density at radius 1 is 1.29 bits per heavy atom. The van der Waals surface area contributed by atoms with E-state index in [-0.39, 0.29) is 24.0 Å². The lowest BCUT2D eigenvalue weighted by Gasteiger charge is -2.08. The van der Waals surface area contributed by atoms with Gasteiger partial charge in [0.15, 0.2) is 5.17 Å². The van der Waals surface area contributed by atoms with Gasteiger partial charge >= 0.3 is 5.97 Å². The summed E-state index contributed by atoms with van der Waals surface area (Å²) in [5, 5.41) is 18.7. The van der Waals surface area contributed by atoms with Gasteiger partial charge in [-0.05, 0) is 17.7 Å². The van der Waals surface area contributed by atoms with Gasteiger partial charge in [0.2, 0.25) is 5.91 Å². The number of nitrogens with one attached hydrogen (secondary N) is 1. The highest BCUT2D eigenvalue weighted by atomic mass is 32.2. The molecule has 0 aromatic heterocycles. The highest BCUT2D eigenvalue weighted by molar-refractivity contribution is 8.15. The minimum atomic E-state index is -1.05. The summed E-state index contributed by atoms with van der Waals surface area (Å²) in [5.74, 6) is -1.41. The molecule has 144 valence electrons. The van der Waals surface area contributed by atoms with Crippen molar-refractivity contribution in [2.45, 2.75) is 18.3 Å². The van der Waals surface area contributed by atoms with Crippen LogP contribution in [0.2, 0.25) is 0 Å². The SMILES string of the molecule is O=C(O)CC1SC(=NN=Cc2ccccc2COc2cccc(F)c2)NC1=O. The molecule has 3 rings (SSSR count). The van der Waals surface area contributed by atoms with Crippen molar-refractivity contribution in [1.29, 1.82) is 0 Å². The van der Waals surface area contributed by atoms with Crippen LogP contribution in [0, 0.1) is 5.82 Å². The van der Waals surface area contributed by atoms with Gasteiger partial charge in [0.25, 0.3) is 0 Å². The molecule has 0 aliphatic carbocycles. The van der Waals surface area contributed by atoms with E-state index < -0.39 is 17.1 Å². The van der Waals surface area contributed by atoms with Crippen LogP contribution in [0.4, 0.5) is 4.39 Å². The third kappa shape index (κ3) is 5.40. The second-order valence-corrected chi connectivity index (χ2v) is 6.98. The molecule has 0 bridgehead atoms. The number of thioether (sulfide) groups is 1. The molecule has 0 spiro atoms. The van der Waals surface area contributed by atoms with Crippen molar-refractivity contribution in [2.24, 2.45) is 10.2 Å². The van der Waals surface area contributed by atoms with E-state index in [4.69, 9.17) is 9.84 Å². The maximum Gasteiger partial charge on any atom is 0.305 e. The number of carboxylic acids is 1. The van der Waals surface area contributed by atoms with Crippen molar-refractivity contribution in [3.63, 3.8) is 0 Å². The molecule has 2 aromatic rings. The van der Waals surface area contributed by atoms with Gasteiger partial charge in [-0.25, -0.2) is 4.39 Å². The lowest BCUT2D eigenvalue weighted by molar-refractivity contribution is -0.138. The topological polar surface area (TPSA) is 100 Å². The van der Waals surface area contributed by atoms with E-state index in [1.165, 1.54) is 18.3 Å². The number of hydrogen-bond donors (Lipinski definition) is 2. The Morgan fingerprint density at radius 2 is 2.11 bits per heavy atom. The van der Waals surface area contributed by atoms with Crippen LogP contribution in [0.1, 0.15) is 17.5 Å². The molecule has 1 aliphatic heterocycles. The number of amidine groups is 1. The van der Waals surface area contributed by atoms with Gasteiger partial charge in [0.05, 0.1) is 12.6 Å². The number of amides is 1. The first-order valence-electron chi connectivity index (χ1n) is 8.28. The zero-order valence-corrected chi connectivity index (χ0v) is 15.4. The third-order valence-electron chi connectivity index (χ3n) is 3.73. The van der Waals surface area contributed by atoms with Gasteiger partial charge in [-0.15, -0.1) is 5.10 Å². The number of benzene rings is 2. The zero-order chi connectivity index (χ0) is 19.9. The second kappa shape index (κ2) is 9.14. The Labute approximate surface area is 164 Å². The average molecular weight is 401 g/mol. The van der Waals surface area contributed by atoms with Crippen LogP contribution in [0.5, 0.6) is 5.75 Å². The fourth-order valence-corrected chi connectivity index (χ4v) is 3.31. The van der Waals surface area contributed by atoms with E-state index >= 15 is 0 Å². The number of carboxylic acid groups (broad SMARTS) is 1. The summed E-state index contributed by atoms with van der Waals surface area (Å²) in [6.07, 6.45) is 1.23. The lowest BCUT2D eigenvalue weighted by Crippen LogP contribution is -2.26. The molecule has 7 nitrogen and oxygen atoms in total. The summed E-state index contributed by atoms with van der Waals surface area (Å²) in [6, 6.07) is 13.2. The monoisotopic (exact) mass is 401 g/mol. The Bertz CT molecular complexity index is 948. The van der Waals surface area contributed by atoms with Gasteiger partial charge < -0.3 is 15.2 Å². The molecule has 2 N–H and O–H groups in total. The van der Waals surface area contributed by atoms with Crippen molar-refractivity contribution in [2.75, 3.05) is 0 Å². The highest BCUT2D eigenvalue weighted by Crippen LogP contribution is 2.22. The molecule has 2 aromatic carbocycles. The van der Waals surface area contributed by atoms with Gasteiger partial charge in [0.1, 0.15) is 23.4 Å². The number of aliphatic carboxylic acids is 1. The molecular formula is C19H16FN3O4S. The van der Waals surface area contributed by atoms with Gasteiger partial charge in [-0.3, -0.25) is 9.59 Å². The molecule has 28 heavy (non-hydrogen) atoms. The largest absolute Gasteiger partial charge is 0.489 e. The van der Waals surface area contributed by atoms with Crippen LogP contribution in [-0.2, 0) is 16.2 Å². The van der Waals surface area contributed by atoms with E-state index in [1.807, 2.05) is 24.3 Å². The number of rotatable bonds is 7. The molecular weight excluding hydrogens is 385 g/mol. The molecule has 1 fully saturated rings. The normalized spacial score (nSPS) is 17.8. The number of carbonyl (C=O) groups is 2. The minimum absolute atomic E-state index is 0.217. The Morgan fingerprint density at radius 3 is 2.89 bits per heavy atom. The van der Waals surface area contributed by atoms with Crippen LogP contribution < -0.4 is 10.1 Å². The standard InChI is InChI=1S/C19H16FN3O4S/c20-14-6-3-7-15(8-14)27-11-13-5-2-1-4-12(13)10-21-23-19-22-18(26)16(28-19)9-17(24)25/h1-8,10,16H,9,11H2,(H,24,25)(H,22,23,26). The number of carbonyl (C=O) groups excluding carboxylic acids is 1. The van der Waals surface area contributed by atoms with Crippen LogP contribution in [-0.4, -0.2) is 33.6 Å². The molecule has 1 atom stereocenters. The molecule has 1 unspecified atom stereocenters. The van der Waals surface area contributed by atoms with Crippen LogP contribution in [0.15, 0.2) is 58.7 Å². The second-order valence-electron chi connectivity index (χ2n) is 5.79. The van der Waals surface area contributed by atoms with Crippen LogP contribution >= 0.6 is 11.8 Å². The first-order chi connectivity index (χ1) is 13.5. The van der Waals surface area contributed by atoms with Crippen molar-refractivity contribution in [3.05, 3.63) is 65.5 Å². The number of halogens is 1. The molecule has 0 saturated carbocycles. The molecule has 1 heterocycles. The maximum atomic E-state index is 13.2. The van der Waals surface area contributed by atoms with E-state index in [1.54, 1.807) is 12.1 Å². The predicted molar refractivity (Wildman–Crippen MR) is 104 cm³/mol. The fraction of sp³-hybridized carbons (Fsp3) is 0.158. The lowest BCUT2D eigenvalue weighted by atomic mass is 10.1. The van der Waals surface area contributed by atoms with E-state index in [9.17, 15) is 14.0 Å². The average Bonchev–Trinajstić information content (AvgIpc) is 2.99. The third-order valence-corrected chi connectivity index (χ3v) is 4.80. The molecule has 1 saturated heterocycles. The summed E-state index contributed by atoms with van der Waals surface area (Å²) in [7, 11) is 0. The molecule has 0 radical (unpaired) electrons. The highest BCUT2D eigenvalue weighted by Gasteiger charge is 2.32. The molecule has 9 heteroatoms. The van der Waals surface area contributed by atoms with Crippen molar-refractivity contribution < 1.29 is 23.8 Å².